The quantitative estimate of drug-likeness (QED) is 0.0911. The second kappa shape index (κ2) is 19.2. The highest BCUT2D eigenvalue weighted by Gasteiger charge is 2.24. The number of imidazole rings is 1. The van der Waals surface area contributed by atoms with Crippen LogP contribution in [0, 0.1) is 6.92 Å². The summed E-state index contributed by atoms with van der Waals surface area (Å²) in [7, 11) is 1.45. The van der Waals surface area contributed by atoms with E-state index in [2.05, 4.69) is 40.9 Å². The van der Waals surface area contributed by atoms with Gasteiger partial charge in [0.15, 0.2) is 17.3 Å². The maximum atomic E-state index is 13.1. The lowest BCUT2D eigenvalue weighted by molar-refractivity contribution is -0.119. The highest BCUT2D eigenvalue weighted by atomic mass is 35.5. The van der Waals surface area contributed by atoms with Crippen molar-refractivity contribution in [3.63, 3.8) is 0 Å². The minimum absolute atomic E-state index is 0.0653. The van der Waals surface area contributed by atoms with Gasteiger partial charge in [-0.05, 0) is 73.2 Å². The van der Waals surface area contributed by atoms with Crippen LogP contribution in [0.2, 0.25) is 10.0 Å². The van der Waals surface area contributed by atoms with Gasteiger partial charge >= 0.3 is 0 Å². The highest BCUT2D eigenvalue weighted by molar-refractivity contribution is 6.33. The first kappa shape index (κ1) is 41.8. The molecular formula is C44H36Cl2N8O7. The van der Waals surface area contributed by atoms with E-state index in [-0.39, 0.29) is 30.9 Å². The summed E-state index contributed by atoms with van der Waals surface area (Å²) in [4.78, 5) is 56.5. The monoisotopic (exact) mass is 858 g/mol. The average Bonchev–Trinajstić information content (AvgIpc) is 4.09. The molecule has 61 heavy (non-hydrogen) atoms. The Morgan fingerprint density at radius 3 is 2.21 bits per heavy atom. The summed E-state index contributed by atoms with van der Waals surface area (Å²) in [5, 5.41) is 9.15. The Morgan fingerprint density at radius 2 is 1.54 bits per heavy atom. The lowest BCUT2D eigenvalue weighted by Crippen LogP contribution is -2.22. The molecule has 17 heteroatoms. The molecule has 0 fully saturated rings. The molecule has 8 rings (SSSR count). The molecule has 3 amide bonds. The molecule has 0 aliphatic carbocycles. The van der Waals surface area contributed by atoms with Crippen LogP contribution >= 0.6 is 23.2 Å². The van der Waals surface area contributed by atoms with Gasteiger partial charge in [0, 0.05) is 61.1 Å². The molecule has 6 aromatic heterocycles. The van der Waals surface area contributed by atoms with Crippen molar-refractivity contribution in [1.82, 2.24) is 30.2 Å². The lowest BCUT2D eigenvalue weighted by Gasteiger charge is -2.07. The highest BCUT2D eigenvalue weighted by Crippen LogP contribution is 2.39. The predicted octanol–water partition coefficient (Wildman–Crippen LogP) is 9.48. The summed E-state index contributed by atoms with van der Waals surface area (Å²) < 4.78 is 22.3. The summed E-state index contributed by atoms with van der Waals surface area (Å²) in [6, 6.07) is 24.8. The number of aryl methyl sites for hydroxylation is 1. The number of pyridine rings is 2. The van der Waals surface area contributed by atoms with Crippen LogP contribution in [-0.2, 0) is 20.9 Å². The fourth-order valence-corrected chi connectivity index (χ4v) is 6.46. The molecule has 0 aliphatic heterocycles. The first-order valence-corrected chi connectivity index (χ1v) is 19.3. The van der Waals surface area contributed by atoms with Gasteiger partial charge in [-0.1, -0.05) is 47.5 Å². The first-order valence-electron chi connectivity index (χ1n) is 18.5. The molecule has 2 aromatic carbocycles. The number of halogens is 2. The van der Waals surface area contributed by atoms with Gasteiger partial charge in [-0.2, -0.15) is 0 Å². The predicted molar refractivity (Wildman–Crippen MR) is 230 cm³/mol. The topological polar surface area (TPSA) is 203 Å². The van der Waals surface area contributed by atoms with Crippen LogP contribution in [0.5, 0.6) is 0 Å². The van der Waals surface area contributed by atoms with Crippen molar-refractivity contribution < 1.29 is 32.4 Å². The number of hydrogen-bond donors (Lipinski definition) is 4. The SMILES string of the molecule is CC(=O)Nc1cc(-c2cc(C(=O)NCc3ccco3)c(-c3ccccc3Cl)o2)c(C)cn1.COCC(=O)Nc1cc(-c2nc(-c3ncc[nH]3)c(-c3ccccc3Cl)o2)ccn1. The zero-order valence-corrected chi connectivity index (χ0v) is 34.3. The Balaban J connectivity index is 0.000000185. The number of benzene rings is 2. The van der Waals surface area contributed by atoms with E-state index in [0.717, 1.165) is 5.56 Å². The number of amides is 3. The van der Waals surface area contributed by atoms with E-state index in [4.69, 9.17) is 41.2 Å². The summed E-state index contributed by atoms with van der Waals surface area (Å²) in [6.07, 6.45) is 8.08. The molecule has 0 saturated carbocycles. The summed E-state index contributed by atoms with van der Waals surface area (Å²) >= 11 is 12.8. The van der Waals surface area contributed by atoms with Gasteiger partial charge in [0.1, 0.15) is 35.5 Å². The van der Waals surface area contributed by atoms with Crippen molar-refractivity contribution in [2.24, 2.45) is 0 Å². The summed E-state index contributed by atoms with van der Waals surface area (Å²) in [6.45, 7) is 3.44. The maximum Gasteiger partial charge on any atom is 0.255 e. The number of nitrogens with one attached hydrogen (secondary N) is 4. The maximum absolute atomic E-state index is 13.1. The molecule has 0 spiro atoms. The minimum atomic E-state index is -0.333. The lowest BCUT2D eigenvalue weighted by atomic mass is 10.1. The number of carbonyl (C=O) groups is 3. The van der Waals surface area contributed by atoms with Crippen molar-refractivity contribution in [3.8, 4) is 56.9 Å². The van der Waals surface area contributed by atoms with E-state index in [1.54, 1.807) is 91.7 Å². The molecule has 6 heterocycles. The van der Waals surface area contributed by atoms with Gasteiger partial charge in [0.05, 0.1) is 28.4 Å². The summed E-state index contributed by atoms with van der Waals surface area (Å²) in [5.41, 5.74) is 4.30. The minimum Gasteiger partial charge on any atom is -0.467 e. The van der Waals surface area contributed by atoms with Gasteiger partial charge in [0.25, 0.3) is 11.8 Å². The molecule has 0 unspecified atom stereocenters. The van der Waals surface area contributed by atoms with Gasteiger partial charge in [0.2, 0.25) is 11.8 Å². The number of hydrogen-bond acceptors (Lipinski definition) is 11. The van der Waals surface area contributed by atoms with Crippen molar-refractivity contribution >= 4 is 52.6 Å². The number of aromatic nitrogens is 5. The van der Waals surface area contributed by atoms with Crippen LogP contribution in [0.1, 0.15) is 28.6 Å². The molecular weight excluding hydrogens is 823 g/mol. The standard InChI is InChI=1S/C24H20ClN3O4.C20H16ClN5O3/c1-14-12-26-22(28-15(2)29)11-18(14)21-10-19(24(30)27-13-16-6-5-9-31-16)23(32-21)17-7-3-4-8-20(17)25;1-28-11-16(27)25-15-10-12(6-7-22-15)20-26-17(19-23-8-9-24-19)18(29-20)13-4-2-3-5-14(13)21/h3-12H,13H2,1-2H3,(H,27,30)(H,26,28,29);2-10H,11H2,1H3,(H,23,24)(H,22,25,27). The average molecular weight is 860 g/mol. The first-order chi connectivity index (χ1) is 29.6. The van der Waals surface area contributed by atoms with E-state index in [1.165, 1.54) is 14.0 Å². The van der Waals surface area contributed by atoms with E-state index in [1.807, 2.05) is 31.2 Å². The number of rotatable bonds is 12. The second-order valence-corrected chi connectivity index (χ2v) is 14.0. The Labute approximate surface area is 358 Å². The van der Waals surface area contributed by atoms with Crippen molar-refractivity contribution in [2.45, 2.75) is 20.4 Å². The van der Waals surface area contributed by atoms with Crippen molar-refractivity contribution in [2.75, 3.05) is 24.4 Å². The Kier molecular flexibility index (Phi) is 13.1. The van der Waals surface area contributed by atoms with Crippen LogP contribution in [0.15, 0.2) is 129 Å². The number of H-pyrrole nitrogens is 1. The molecule has 0 bridgehead atoms. The van der Waals surface area contributed by atoms with Gasteiger partial charge in [-0.3, -0.25) is 14.4 Å². The molecule has 0 aliphatic rings. The second-order valence-electron chi connectivity index (χ2n) is 13.2. The largest absolute Gasteiger partial charge is 0.467 e. The van der Waals surface area contributed by atoms with Gasteiger partial charge in [-0.15, -0.1) is 0 Å². The summed E-state index contributed by atoms with van der Waals surface area (Å²) in [5.74, 6) is 2.69. The molecule has 0 atom stereocenters. The molecule has 0 radical (unpaired) electrons. The van der Waals surface area contributed by atoms with E-state index in [9.17, 15) is 14.4 Å². The normalized spacial score (nSPS) is 10.8. The number of oxazole rings is 1. The fraction of sp³-hybridized carbons (Fsp3) is 0.114. The smallest absolute Gasteiger partial charge is 0.255 e. The van der Waals surface area contributed by atoms with Gasteiger partial charge < -0.3 is 38.9 Å². The van der Waals surface area contributed by atoms with Crippen LogP contribution in [0.4, 0.5) is 11.6 Å². The van der Waals surface area contributed by atoms with Gasteiger partial charge in [-0.25, -0.2) is 19.9 Å². The number of anilines is 2. The molecule has 308 valence electrons. The Morgan fingerprint density at radius 1 is 0.803 bits per heavy atom. The third kappa shape index (κ3) is 10.1. The number of methoxy groups -OCH3 is 1. The number of carbonyl (C=O) groups excluding carboxylic acids is 3. The molecule has 8 aromatic rings. The number of nitrogens with zero attached hydrogens (tertiary/aromatic N) is 4. The van der Waals surface area contributed by atoms with Crippen LogP contribution in [0.25, 0.3) is 56.9 Å². The zero-order chi connectivity index (χ0) is 42.9. The number of aromatic amines is 1. The van der Waals surface area contributed by atoms with E-state index >= 15 is 0 Å². The number of furan rings is 2. The Hall–Kier alpha value is -7.33. The molecule has 4 N–H and O–H groups in total. The molecule has 15 nitrogen and oxygen atoms in total. The van der Waals surface area contributed by atoms with Crippen LogP contribution in [-0.4, -0.2) is 56.4 Å². The third-order valence-corrected chi connectivity index (χ3v) is 9.45. The zero-order valence-electron chi connectivity index (χ0n) is 32.8. The van der Waals surface area contributed by atoms with Crippen molar-refractivity contribution in [1.29, 1.82) is 0 Å². The number of ether oxygens (including phenoxy) is 1. The van der Waals surface area contributed by atoms with E-state index in [0.29, 0.717) is 89.9 Å². The van der Waals surface area contributed by atoms with Crippen LogP contribution in [0.3, 0.4) is 0 Å². The van der Waals surface area contributed by atoms with Crippen molar-refractivity contribution in [3.05, 3.63) is 143 Å². The molecule has 0 saturated heterocycles. The van der Waals surface area contributed by atoms with Crippen LogP contribution < -0.4 is 16.0 Å². The fourth-order valence-electron chi connectivity index (χ4n) is 6.02. The van der Waals surface area contributed by atoms with E-state index < -0.39 is 0 Å². The Bertz CT molecular complexity index is 2800. The third-order valence-electron chi connectivity index (χ3n) is 8.79.